The van der Waals surface area contributed by atoms with E-state index in [0.717, 1.165) is 34.8 Å². The van der Waals surface area contributed by atoms with Gasteiger partial charge in [-0.3, -0.25) is 4.79 Å². The van der Waals surface area contributed by atoms with Gasteiger partial charge >= 0.3 is 0 Å². The van der Waals surface area contributed by atoms with Crippen molar-refractivity contribution in [3.8, 4) is 11.5 Å². The molecule has 0 aliphatic heterocycles. The monoisotopic (exact) mass is 371 g/mol. The lowest BCUT2D eigenvalue weighted by Gasteiger charge is -2.22. The molecular formula is C21H25NO3S. The molecule has 138 valence electrons. The van der Waals surface area contributed by atoms with Crippen molar-refractivity contribution < 1.29 is 14.3 Å². The summed E-state index contributed by atoms with van der Waals surface area (Å²) in [7, 11) is 1.66. The fourth-order valence-electron chi connectivity index (χ4n) is 2.76. The van der Waals surface area contributed by atoms with Gasteiger partial charge in [-0.1, -0.05) is 12.1 Å². The van der Waals surface area contributed by atoms with Crippen LogP contribution < -0.4 is 9.47 Å². The summed E-state index contributed by atoms with van der Waals surface area (Å²) in [5.41, 5.74) is 1.14. The van der Waals surface area contributed by atoms with Crippen molar-refractivity contribution in [2.24, 2.45) is 0 Å². The maximum Gasteiger partial charge on any atom is 0.233 e. The average molecular weight is 372 g/mol. The van der Waals surface area contributed by atoms with Crippen LogP contribution in [0.15, 0.2) is 53.4 Å². The number of carbonyl (C=O) groups is 1. The summed E-state index contributed by atoms with van der Waals surface area (Å²) in [6.45, 7) is 3.29. The van der Waals surface area contributed by atoms with E-state index in [0.29, 0.717) is 24.9 Å². The van der Waals surface area contributed by atoms with Gasteiger partial charge in [0, 0.05) is 17.5 Å². The van der Waals surface area contributed by atoms with Gasteiger partial charge in [0.25, 0.3) is 0 Å². The molecule has 0 atom stereocenters. The SMILES string of the molecule is CCOc1ccc(SCC(=O)N(Cc2ccc(OC)cc2)C2CC2)cc1. The molecule has 0 radical (unpaired) electrons. The van der Waals surface area contributed by atoms with Gasteiger partial charge in [-0.05, 0) is 61.7 Å². The molecule has 0 unspecified atom stereocenters. The molecule has 4 nitrogen and oxygen atoms in total. The molecule has 1 amide bonds. The second-order valence-corrected chi connectivity index (χ2v) is 7.34. The van der Waals surface area contributed by atoms with Gasteiger partial charge in [-0.2, -0.15) is 0 Å². The number of hydrogen-bond acceptors (Lipinski definition) is 4. The third-order valence-electron chi connectivity index (χ3n) is 4.32. The van der Waals surface area contributed by atoms with Crippen LogP contribution in [0.4, 0.5) is 0 Å². The molecule has 0 saturated heterocycles. The van der Waals surface area contributed by atoms with Gasteiger partial charge in [-0.15, -0.1) is 11.8 Å². The average Bonchev–Trinajstić information content (AvgIpc) is 3.51. The molecule has 1 fully saturated rings. The molecule has 26 heavy (non-hydrogen) atoms. The molecule has 2 aromatic carbocycles. The highest BCUT2D eigenvalue weighted by molar-refractivity contribution is 8.00. The molecule has 2 aromatic rings. The van der Waals surface area contributed by atoms with Gasteiger partial charge in [0.1, 0.15) is 11.5 Å². The summed E-state index contributed by atoms with van der Waals surface area (Å²) in [5, 5.41) is 0. The fourth-order valence-corrected chi connectivity index (χ4v) is 3.55. The van der Waals surface area contributed by atoms with Gasteiger partial charge < -0.3 is 14.4 Å². The number of benzene rings is 2. The van der Waals surface area contributed by atoms with E-state index in [1.165, 1.54) is 0 Å². The largest absolute Gasteiger partial charge is 0.497 e. The topological polar surface area (TPSA) is 38.8 Å². The van der Waals surface area contributed by atoms with Crippen LogP contribution in [-0.2, 0) is 11.3 Å². The van der Waals surface area contributed by atoms with Crippen LogP contribution in [0.25, 0.3) is 0 Å². The van der Waals surface area contributed by atoms with Crippen molar-refractivity contribution in [1.82, 2.24) is 4.90 Å². The summed E-state index contributed by atoms with van der Waals surface area (Å²) in [5.74, 6) is 2.36. The van der Waals surface area contributed by atoms with Crippen LogP contribution in [0.5, 0.6) is 11.5 Å². The van der Waals surface area contributed by atoms with E-state index in [9.17, 15) is 4.79 Å². The van der Waals surface area contributed by atoms with E-state index in [2.05, 4.69) is 0 Å². The minimum absolute atomic E-state index is 0.196. The maximum absolute atomic E-state index is 12.8. The van der Waals surface area contributed by atoms with Gasteiger partial charge in [-0.25, -0.2) is 0 Å². The summed E-state index contributed by atoms with van der Waals surface area (Å²) in [6.07, 6.45) is 2.21. The third-order valence-corrected chi connectivity index (χ3v) is 5.31. The first-order valence-electron chi connectivity index (χ1n) is 8.97. The number of thioether (sulfide) groups is 1. The Morgan fingerprint density at radius 3 is 2.31 bits per heavy atom. The van der Waals surface area contributed by atoms with Crippen molar-refractivity contribution in [3.63, 3.8) is 0 Å². The van der Waals surface area contributed by atoms with E-state index < -0.39 is 0 Å². The summed E-state index contributed by atoms with van der Waals surface area (Å²) in [6, 6.07) is 16.3. The number of carbonyl (C=O) groups excluding carboxylic acids is 1. The predicted octanol–water partition coefficient (Wildman–Crippen LogP) is 4.38. The summed E-state index contributed by atoms with van der Waals surface area (Å²) in [4.78, 5) is 15.9. The van der Waals surface area contributed by atoms with E-state index >= 15 is 0 Å². The molecule has 0 spiro atoms. The zero-order valence-electron chi connectivity index (χ0n) is 15.3. The van der Waals surface area contributed by atoms with Crippen molar-refractivity contribution in [3.05, 3.63) is 54.1 Å². The zero-order chi connectivity index (χ0) is 18.4. The van der Waals surface area contributed by atoms with Crippen LogP contribution in [0.2, 0.25) is 0 Å². The molecule has 1 aliphatic rings. The molecule has 5 heteroatoms. The van der Waals surface area contributed by atoms with Crippen molar-refractivity contribution in [2.75, 3.05) is 19.5 Å². The summed E-state index contributed by atoms with van der Waals surface area (Å²) < 4.78 is 10.7. The number of rotatable bonds is 9. The van der Waals surface area contributed by atoms with E-state index in [1.807, 2.05) is 60.4 Å². The Morgan fingerprint density at radius 1 is 1.08 bits per heavy atom. The lowest BCUT2D eigenvalue weighted by atomic mass is 10.2. The highest BCUT2D eigenvalue weighted by Gasteiger charge is 2.32. The van der Waals surface area contributed by atoms with Crippen LogP contribution in [-0.4, -0.2) is 36.3 Å². The van der Waals surface area contributed by atoms with E-state index in [-0.39, 0.29) is 5.91 Å². The van der Waals surface area contributed by atoms with Crippen molar-refractivity contribution >= 4 is 17.7 Å². The Kier molecular flexibility index (Phi) is 6.45. The van der Waals surface area contributed by atoms with E-state index in [1.54, 1.807) is 18.9 Å². The number of hydrogen-bond donors (Lipinski definition) is 0. The molecule has 1 saturated carbocycles. The smallest absolute Gasteiger partial charge is 0.233 e. The Morgan fingerprint density at radius 2 is 1.73 bits per heavy atom. The Bertz CT molecular complexity index is 711. The molecule has 0 bridgehead atoms. The quantitative estimate of drug-likeness (QED) is 0.613. The Labute approximate surface area is 159 Å². The Balaban J connectivity index is 1.56. The highest BCUT2D eigenvalue weighted by atomic mass is 32.2. The van der Waals surface area contributed by atoms with Gasteiger partial charge in [0.2, 0.25) is 5.91 Å². The number of methoxy groups -OCH3 is 1. The fraction of sp³-hybridized carbons (Fsp3) is 0.381. The van der Waals surface area contributed by atoms with Crippen LogP contribution in [0.1, 0.15) is 25.3 Å². The minimum atomic E-state index is 0.196. The molecule has 0 N–H and O–H groups in total. The minimum Gasteiger partial charge on any atom is -0.497 e. The van der Waals surface area contributed by atoms with Crippen LogP contribution in [0.3, 0.4) is 0 Å². The predicted molar refractivity (Wildman–Crippen MR) is 105 cm³/mol. The third kappa shape index (κ3) is 5.18. The molecular weight excluding hydrogens is 346 g/mol. The van der Waals surface area contributed by atoms with E-state index in [4.69, 9.17) is 9.47 Å². The van der Waals surface area contributed by atoms with Crippen molar-refractivity contribution in [2.45, 2.75) is 37.2 Å². The van der Waals surface area contributed by atoms with Gasteiger partial charge in [0.05, 0.1) is 19.5 Å². The first-order chi connectivity index (χ1) is 12.7. The number of ether oxygens (including phenoxy) is 2. The first kappa shape index (κ1) is 18.6. The standard InChI is InChI=1S/C21H25NO3S/c1-3-25-19-10-12-20(13-11-19)26-15-21(23)22(17-6-7-17)14-16-4-8-18(24-2)9-5-16/h4-5,8-13,17H,3,6-7,14-15H2,1-2H3. The number of nitrogens with zero attached hydrogens (tertiary/aromatic N) is 1. The second-order valence-electron chi connectivity index (χ2n) is 6.29. The number of amides is 1. The lowest BCUT2D eigenvalue weighted by molar-refractivity contribution is -0.129. The molecule has 0 heterocycles. The van der Waals surface area contributed by atoms with Crippen LogP contribution in [0, 0.1) is 0 Å². The van der Waals surface area contributed by atoms with Crippen molar-refractivity contribution in [1.29, 1.82) is 0 Å². The molecule has 1 aliphatic carbocycles. The Hall–Kier alpha value is -2.14. The lowest BCUT2D eigenvalue weighted by Crippen LogP contribution is -2.33. The highest BCUT2D eigenvalue weighted by Crippen LogP contribution is 2.30. The van der Waals surface area contributed by atoms with Crippen LogP contribution >= 0.6 is 11.8 Å². The van der Waals surface area contributed by atoms with Gasteiger partial charge in [0.15, 0.2) is 0 Å². The summed E-state index contributed by atoms with van der Waals surface area (Å²) >= 11 is 1.58. The zero-order valence-corrected chi connectivity index (χ0v) is 16.1. The first-order valence-corrected chi connectivity index (χ1v) is 9.96. The second kappa shape index (κ2) is 8.99. The maximum atomic E-state index is 12.8. The molecule has 3 rings (SSSR count). The normalized spacial score (nSPS) is 13.3. The molecule has 0 aromatic heterocycles.